The number of aromatic nitrogens is 2. The van der Waals surface area contributed by atoms with Crippen LogP contribution in [0.4, 0.5) is 0 Å². The minimum Gasteiger partial charge on any atom is -0.382 e. The third-order valence-corrected chi connectivity index (χ3v) is 5.30. The van der Waals surface area contributed by atoms with Crippen LogP contribution in [0.15, 0.2) is 34.4 Å². The molecule has 0 radical (unpaired) electrons. The summed E-state index contributed by atoms with van der Waals surface area (Å²) in [6, 6.07) is 7.53. The number of nitrogens with zero attached hydrogens (tertiary/aromatic N) is 1. The lowest BCUT2D eigenvalue weighted by atomic mass is 10.1. The molecule has 0 aliphatic heterocycles. The van der Waals surface area contributed by atoms with Gasteiger partial charge in [-0.25, -0.2) is 0 Å². The SMILES string of the molecule is CCOCCCn1c(=S)[nH]c2scc(-c3ccccc3Cl)c2c1=O. The van der Waals surface area contributed by atoms with Crippen molar-refractivity contribution >= 4 is 45.4 Å². The second-order valence-electron chi connectivity index (χ2n) is 5.27. The summed E-state index contributed by atoms with van der Waals surface area (Å²) in [4.78, 5) is 16.9. The molecule has 1 N–H and O–H groups in total. The molecular formula is C17H17ClN2O2S2. The minimum absolute atomic E-state index is 0.0820. The highest BCUT2D eigenvalue weighted by Gasteiger charge is 2.15. The second-order valence-corrected chi connectivity index (χ2v) is 6.94. The summed E-state index contributed by atoms with van der Waals surface area (Å²) in [5.41, 5.74) is 1.62. The summed E-state index contributed by atoms with van der Waals surface area (Å²) in [7, 11) is 0. The average molecular weight is 381 g/mol. The van der Waals surface area contributed by atoms with Gasteiger partial charge >= 0.3 is 0 Å². The molecule has 24 heavy (non-hydrogen) atoms. The summed E-state index contributed by atoms with van der Waals surface area (Å²) < 4.78 is 7.38. The van der Waals surface area contributed by atoms with E-state index in [9.17, 15) is 4.79 Å². The molecule has 1 aromatic carbocycles. The molecule has 0 amide bonds. The Morgan fingerprint density at radius 2 is 2.12 bits per heavy atom. The average Bonchev–Trinajstić information content (AvgIpc) is 2.98. The van der Waals surface area contributed by atoms with Crippen LogP contribution < -0.4 is 5.56 Å². The third kappa shape index (κ3) is 3.32. The Morgan fingerprint density at radius 3 is 2.88 bits per heavy atom. The van der Waals surface area contributed by atoms with Gasteiger partial charge in [0.05, 0.1) is 5.39 Å². The molecule has 0 saturated carbocycles. The van der Waals surface area contributed by atoms with Gasteiger partial charge in [-0.2, -0.15) is 0 Å². The lowest BCUT2D eigenvalue weighted by molar-refractivity contribution is 0.141. The van der Waals surface area contributed by atoms with E-state index in [1.54, 1.807) is 4.57 Å². The van der Waals surface area contributed by atoms with Gasteiger partial charge in [0.2, 0.25) is 0 Å². The van der Waals surface area contributed by atoms with E-state index in [1.165, 1.54) is 11.3 Å². The summed E-state index contributed by atoms with van der Waals surface area (Å²) in [6.07, 6.45) is 0.738. The Bertz CT molecular complexity index is 975. The molecule has 0 fully saturated rings. The van der Waals surface area contributed by atoms with Gasteiger partial charge in [-0.3, -0.25) is 9.36 Å². The quantitative estimate of drug-likeness (QED) is 0.490. The first-order chi connectivity index (χ1) is 11.6. The summed E-state index contributed by atoms with van der Waals surface area (Å²) in [5.74, 6) is 0. The van der Waals surface area contributed by atoms with E-state index in [0.717, 1.165) is 22.4 Å². The molecule has 7 heteroatoms. The van der Waals surface area contributed by atoms with Crippen molar-refractivity contribution in [3.8, 4) is 11.1 Å². The van der Waals surface area contributed by atoms with Gasteiger partial charge in [-0.05, 0) is 31.6 Å². The molecular weight excluding hydrogens is 364 g/mol. The van der Waals surface area contributed by atoms with Crippen molar-refractivity contribution in [1.82, 2.24) is 9.55 Å². The number of halogens is 1. The van der Waals surface area contributed by atoms with Crippen molar-refractivity contribution in [3.05, 3.63) is 49.8 Å². The first-order valence-corrected chi connectivity index (χ1v) is 9.37. The van der Waals surface area contributed by atoms with Crippen LogP contribution >= 0.6 is 35.2 Å². The predicted molar refractivity (Wildman–Crippen MR) is 103 cm³/mol. The number of rotatable bonds is 6. The Labute approximate surface area is 153 Å². The van der Waals surface area contributed by atoms with Crippen LogP contribution in [-0.4, -0.2) is 22.8 Å². The standard InChI is InChI=1S/C17H17ClN2O2S2/c1-2-22-9-5-8-20-16(21)14-12(10-24-15(14)19-17(20)23)11-6-3-4-7-13(11)18/h3-4,6-7,10H,2,5,8-9H2,1H3,(H,19,23). The minimum atomic E-state index is -0.0820. The van der Waals surface area contributed by atoms with Crippen LogP contribution in [0.3, 0.4) is 0 Å². The summed E-state index contributed by atoms with van der Waals surface area (Å²) >= 11 is 13.1. The van der Waals surface area contributed by atoms with E-state index in [-0.39, 0.29) is 5.56 Å². The first-order valence-electron chi connectivity index (χ1n) is 7.70. The molecule has 0 unspecified atom stereocenters. The highest BCUT2D eigenvalue weighted by Crippen LogP contribution is 2.34. The molecule has 0 atom stereocenters. The largest absolute Gasteiger partial charge is 0.382 e. The molecule has 3 aromatic rings. The second kappa shape index (κ2) is 7.61. The fraction of sp³-hybridized carbons (Fsp3) is 0.294. The number of H-pyrrole nitrogens is 1. The molecule has 0 aliphatic carbocycles. The van der Waals surface area contributed by atoms with Crippen LogP contribution in [0.5, 0.6) is 0 Å². The van der Waals surface area contributed by atoms with Gasteiger partial charge in [0, 0.05) is 41.3 Å². The van der Waals surface area contributed by atoms with Crippen molar-refractivity contribution < 1.29 is 4.74 Å². The Kier molecular flexibility index (Phi) is 5.50. The maximum atomic E-state index is 13.0. The van der Waals surface area contributed by atoms with Crippen molar-refractivity contribution in [2.24, 2.45) is 0 Å². The van der Waals surface area contributed by atoms with E-state index >= 15 is 0 Å². The van der Waals surface area contributed by atoms with Crippen LogP contribution in [0.1, 0.15) is 13.3 Å². The number of fused-ring (bicyclic) bond motifs is 1. The fourth-order valence-electron chi connectivity index (χ4n) is 2.60. The number of nitrogens with one attached hydrogen (secondary N) is 1. The highest BCUT2D eigenvalue weighted by molar-refractivity contribution is 7.71. The number of benzene rings is 1. The van der Waals surface area contributed by atoms with Crippen LogP contribution in [0, 0.1) is 4.77 Å². The topological polar surface area (TPSA) is 47.0 Å². The maximum absolute atomic E-state index is 13.0. The van der Waals surface area contributed by atoms with E-state index in [4.69, 9.17) is 28.6 Å². The van der Waals surface area contributed by atoms with Gasteiger partial charge in [-0.1, -0.05) is 29.8 Å². The molecule has 126 valence electrons. The van der Waals surface area contributed by atoms with Gasteiger partial charge in [-0.15, -0.1) is 11.3 Å². The summed E-state index contributed by atoms with van der Waals surface area (Å²) in [5, 5.41) is 3.21. The molecule has 3 rings (SSSR count). The maximum Gasteiger partial charge on any atom is 0.263 e. The van der Waals surface area contributed by atoms with Gasteiger partial charge in [0.15, 0.2) is 4.77 Å². The number of aromatic amines is 1. The van der Waals surface area contributed by atoms with Gasteiger partial charge in [0.25, 0.3) is 5.56 Å². The smallest absolute Gasteiger partial charge is 0.263 e. The van der Waals surface area contributed by atoms with Crippen molar-refractivity contribution in [1.29, 1.82) is 0 Å². The fourth-order valence-corrected chi connectivity index (χ4v) is 4.13. The zero-order valence-electron chi connectivity index (χ0n) is 13.2. The van der Waals surface area contributed by atoms with Gasteiger partial charge in [0.1, 0.15) is 4.83 Å². The van der Waals surface area contributed by atoms with Crippen LogP contribution in [0.25, 0.3) is 21.3 Å². The van der Waals surface area contributed by atoms with Crippen molar-refractivity contribution in [3.63, 3.8) is 0 Å². The zero-order valence-corrected chi connectivity index (χ0v) is 15.6. The van der Waals surface area contributed by atoms with E-state index < -0.39 is 0 Å². The molecule has 0 aliphatic rings. The zero-order chi connectivity index (χ0) is 17.1. The van der Waals surface area contributed by atoms with E-state index in [2.05, 4.69) is 4.98 Å². The molecule has 4 nitrogen and oxygen atoms in total. The normalized spacial score (nSPS) is 11.2. The van der Waals surface area contributed by atoms with E-state index in [0.29, 0.717) is 34.9 Å². The molecule has 2 aromatic heterocycles. The van der Waals surface area contributed by atoms with Crippen LogP contribution in [0.2, 0.25) is 5.02 Å². The Balaban J connectivity index is 2.10. The Morgan fingerprint density at radius 1 is 1.33 bits per heavy atom. The molecule has 2 heterocycles. The highest BCUT2D eigenvalue weighted by atomic mass is 35.5. The number of thiophene rings is 1. The third-order valence-electron chi connectivity index (χ3n) is 3.75. The Hall–Kier alpha value is -1.47. The molecule has 0 bridgehead atoms. The van der Waals surface area contributed by atoms with Crippen molar-refractivity contribution in [2.45, 2.75) is 19.9 Å². The monoisotopic (exact) mass is 380 g/mol. The lowest BCUT2D eigenvalue weighted by Gasteiger charge is -2.08. The van der Waals surface area contributed by atoms with Gasteiger partial charge < -0.3 is 9.72 Å². The summed E-state index contributed by atoms with van der Waals surface area (Å²) in [6.45, 7) is 3.76. The van der Waals surface area contributed by atoms with Crippen LogP contribution in [-0.2, 0) is 11.3 Å². The molecule has 0 spiro atoms. The lowest BCUT2D eigenvalue weighted by Crippen LogP contribution is -2.22. The first kappa shape index (κ1) is 17.4. The predicted octanol–water partition coefficient (Wildman–Crippen LogP) is 4.87. The van der Waals surface area contributed by atoms with Crippen molar-refractivity contribution in [2.75, 3.05) is 13.2 Å². The number of ether oxygens (including phenoxy) is 1. The number of hydrogen-bond donors (Lipinski definition) is 1. The number of hydrogen-bond acceptors (Lipinski definition) is 4. The molecule has 0 saturated heterocycles. The van der Waals surface area contributed by atoms with E-state index in [1.807, 2.05) is 36.6 Å².